The minimum Gasteiger partial charge on any atom is -0.356 e. The first-order valence-electron chi connectivity index (χ1n) is 9.56. The molecular formula is C21H27N5O. The molecule has 27 heavy (non-hydrogen) atoms. The van der Waals surface area contributed by atoms with Crippen molar-refractivity contribution in [3.05, 3.63) is 53.7 Å². The van der Waals surface area contributed by atoms with Crippen molar-refractivity contribution >= 4 is 23.7 Å². The van der Waals surface area contributed by atoms with Gasteiger partial charge in [-0.3, -0.25) is 4.79 Å². The molecule has 2 aromatic rings. The third-order valence-corrected chi connectivity index (χ3v) is 4.45. The van der Waals surface area contributed by atoms with Gasteiger partial charge >= 0.3 is 0 Å². The third-order valence-electron chi connectivity index (χ3n) is 4.45. The summed E-state index contributed by atoms with van der Waals surface area (Å²) in [5.74, 6) is 1.49. The fraction of sp³-hybridized carbons (Fsp3) is 0.381. The molecular weight excluding hydrogens is 338 g/mol. The van der Waals surface area contributed by atoms with Crippen molar-refractivity contribution in [2.75, 3.05) is 36.4 Å². The van der Waals surface area contributed by atoms with Crippen LogP contribution in [0, 0.1) is 6.92 Å². The summed E-state index contributed by atoms with van der Waals surface area (Å²) in [5.41, 5.74) is 1.95. The lowest BCUT2D eigenvalue weighted by Crippen LogP contribution is -2.31. The summed E-state index contributed by atoms with van der Waals surface area (Å²) in [7, 11) is 0. The second-order valence-electron chi connectivity index (χ2n) is 6.70. The highest BCUT2D eigenvalue weighted by atomic mass is 16.1. The topological polar surface area (TPSA) is 70.2 Å². The average Bonchev–Trinajstić information content (AvgIpc) is 2.71. The first-order chi connectivity index (χ1) is 13.2. The molecule has 0 atom stereocenters. The van der Waals surface area contributed by atoms with Crippen molar-refractivity contribution in [1.29, 1.82) is 0 Å². The van der Waals surface area contributed by atoms with Gasteiger partial charge in [-0.15, -0.1) is 0 Å². The predicted molar refractivity (Wildman–Crippen MR) is 110 cm³/mol. The normalized spacial score (nSPS) is 14.3. The number of hydrogen-bond acceptors (Lipinski definition) is 5. The summed E-state index contributed by atoms with van der Waals surface area (Å²) >= 11 is 0. The van der Waals surface area contributed by atoms with E-state index < -0.39 is 0 Å². The Morgan fingerprint density at radius 3 is 2.67 bits per heavy atom. The first-order valence-corrected chi connectivity index (χ1v) is 9.56. The van der Waals surface area contributed by atoms with Crippen molar-refractivity contribution in [3.8, 4) is 0 Å². The van der Waals surface area contributed by atoms with Crippen molar-refractivity contribution in [2.24, 2.45) is 0 Å². The summed E-state index contributed by atoms with van der Waals surface area (Å²) in [4.78, 5) is 23.3. The number of hydrogen-bond donors (Lipinski definition) is 2. The maximum atomic E-state index is 11.9. The van der Waals surface area contributed by atoms with Crippen molar-refractivity contribution in [2.45, 2.75) is 26.2 Å². The Morgan fingerprint density at radius 2 is 1.89 bits per heavy atom. The van der Waals surface area contributed by atoms with E-state index in [0.29, 0.717) is 19.0 Å². The number of aromatic nitrogens is 2. The van der Waals surface area contributed by atoms with Crippen molar-refractivity contribution in [3.63, 3.8) is 0 Å². The van der Waals surface area contributed by atoms with Gasteiger partial charge in [0.25, 0.3) is 0 Å². The van der Waals surface area contributed by atoms with Crippen LogP contribution in [0.3, 0.4) is 0 Å². The van der Waals surface area contributed by atoms with Gasteiger partial charge < -0.3 is 15.5 Å². The monoisotopic (exact) mass is 365 g/mol. The van der Waals surface area contributed by atoms with Gasteiger partial charge in [0.05, 0.1) is 0 Å². The average molecular weight is 365 g/mol. The maximum absolute atomic E-state index is 11.9. The number of nitrogens with zero attached hydrogens (tertiary/aromatic N) is 3. The molecule has 0 radical (unpaired) electrons. The van der Waals surface area contributed by atoms with E-state index in [-0.39, 0.29) is 5.91 Å². The maximum Gasteiger partial charge on any atom is 0.244 e. The van der Waals surface area contributed by atoms with E-state index in [1.807, 2.05) is 43.3 Å². The first kappa shape index (κ1) is 18.9. The number of aryl methyl sites for hydroxylation is 1. The highest BCUT2D eigenvalue weighted by Gasteiger charge is 2.13. The number of carbonyl (C=O) groups is 1. The van der Waals surface area contributed by atoms with Crippen LogP contribution in [0.25, 0.3) is 6.08 Å². The van der Waals surface area contributed by atoms with Gasteiger partial charge in [0, 0.05) is 44.0 Å². The van der Waals surface area contributed by atoms with Gasteiger partial charge in [-0.05, 0) is 37.8 Å². The smallest absolute Gasteiger partial charge is 0.244 e. The fourth-order valence-corrected chi connectivity index (χ4v) is 3.07. The van der Waals surface area contributed by atoms with Gasteiger partial charge in [-0.25, -0.2) is 4.98 Å². The molecule has 6 nitrogen and oxygen atoms in total. The minimum atomic E-state index is -0.111. The predicted octanol–water partition coefficient (Wildman–Crippen LogP) is 3.02. The molecule has 1 aliphatic rings. The molecule has 1 aromatic carbocycles. The lowest BCUT2D eigenvalue weighted by atomic mass is 10.1. The SMILES string of the molecule is Cc1cc(N2CCCCC2)nc(NCCNC(=O)/C=C/c2ccccc2)n1. The number of piperidine rings is 1. The van der Waals surface area contributed by atoms with E-state index in [1.54, 1.807) is 12.2 Å². The Kier molecular flexibility index (Phi) is 6.79. The van der Waals surface area contributed by atoms with Crippen LogP contribution in [-0.4, -0.2) is 42.1 Å². The number of benzene rings is 1. The second-order valence-corrected chi connectivity index (χ2v) is 6.70. The third kappa shape index (κ3) is 6.09. The molecule has 1 amide bonds. The summed E-state index contributed by atoms with van der Waals surface area (Å²) < 4.78 is 0. The van der Waals surface area contributed by atoms with Crippen LogP contribution in [-0.2, 0) is 4.79 Å². The Labute approximate surface area is 160 Å². The van der Waals surface area contributed by atoms with E-state index in [4.69, 9.17) is 0 Å². The van der Waals surface area contributed by atoms with Crippen molar-refractivity contribution in [1.82, 2.24) is 15.3 Å². The van der Waals surface area contributed by atoms with Crippen LogP contribution in [0.2, 0.25) is 0 Å². The van der Waals surface area contributed by atoms with E-state index in [2.05, 4.69) is 25.5 Å². The Balaban J connectivity index is 1.45. The van der Waals surface area contributed by atoms with Gasteiger partial charge in [-0.1, -0.05) is 30.3 Å². The van der Waals surface area contributed by atoms with E-state index in [9.17, 15) is 4.79 Å². The van der Waals surface area contributed by atoms with Crippen LogP contribution in [0.5, 0.6) is 0 Å². The highest BCUT2D eigenvalue weighted by molar-refractivity contribution is 5.91. The zero-order valence-corrected chi connectivity index (χ0v) is 15.8. The second kappa shape index (κ2) is 9.71. The Morgan fingerprint density at radius 1 is 1.11 bits per heavy atom. The number of amides is 1. The van der Waals surface area contributed by atoms with Crippen LogP contribution in [0.15, 0.2) is 42.5 Å². The highest BCUT2D eigenvalue weighted by Crippen LogP contribution is 2.19. The van der Waals surface area contributed by atoms with E-state index in [1.165, 1.54) is 19.3 Å². The molecule has 142 valence electrons. The number of nitrogens with one attached hydrogen (secondary N) is 2. The molecule has 0 bridgehead atoms. The molecule has 0 aliphatic carbocycles. The molecule has 0 spiro atoms. The molecule has 0 saturated carbocycles. The summed E-state index contributed by atoms with van der Waals surface area (Å²) in [6.45, 7) is 5.18. The van der Waals surface area contributed by atoms with Crippen molar-refractivity contribution < 1.29 is 4.79 Å². The zero-order valence-electron chi connectivity index (χ0n) is 15.8. The minimum absolute atomic E-state index is 0.111. The molecule has 2 N–H and O–H groups in total. The number of carbonyl (C=O) groups excluding carboxylic acids is 1. The molecule has 2 heterocycles. The van der Waals surface area contributed by atoms with Crippen LogP contribution in [0.1, 0.15) is 30.5 Å². The molecule has 6 heteroatoms. The fourth-order valence-electron chi connectivity index (χ4n) is 3.07. The van der Waals surface area contributed by atoms with Crippen LogP contribution in [0.4, 0.5) is 11.8 Å². The largest absolute Gasteiger partial charge is 0.356 e. The number of rotatable bonds is 7. The molecule has 1 saturated heterocycles. The van der Waals surface area contributed by atoms with Crippen LogP contribution < -0.4 is 15.5 Å². The quantitative estimate of drug-likeness (QED) is 0.583. The number of anilines is 2. The molecule has 0 unspecified atom stereocenters. The van der Waals surface area contributed by atoms with Gasteiger partial charge in [0.1, 0.15) is 5.82 Å². The van der Waals surface area contributed by atoms with Gasteiger partial charge in [0.15, 0.2) is 0 Å². The zero-order chi connectivity index (χ0) is 18.9. The lowest BCUT2D eigenvalue weighted by molar-refractivity contribution is -0.116. The summed E-state index contributed by atoms with van der Waals surface area (Å²) in [6.07, 6.45) is 7.08. The summed E-state index contributed by atoms with van der Waals surface area (Å²) in [5, 5.41) is 6.07. The Hall–Kier alpha value is -2.89. The van der Waals surface area contributed by atoms with Crippen LogP contribution >= 0.6 is 0 Å². The van der Waals surface area contributed by atoms with E-state index >= 15 is 0 Å². The molecule has 1 aliphatic heterocycles. The lowest BCUT2D eigenvalue weighted by Gasteiger charge is -2.28. The van der Waals surface area contributed by atoms with Gasteiger partial charge in [0.2, 0.25) is 11.9 Å². The standard InChI is InChI=1S/C21H27N5O/c1-17-16-19(26-14-6-3-7-15-26)25-21(24-17)23-13-12-22-20(27)11-10-18-8-4-2-5-9-18/h2,4-5,8-11,16H,3,6-7,12-15H2,1H3,(H,22,27)(H,23,24,25)/b11-10+. The molecule has 1 fully saturated rings. The van der Waals surface area contributed by atoms with Gasteiger partial charge in [-0.2, -0.15) is 4.98 Å². The van der Waals surface area contributed by atoms with E-state index in [0.717, 1.165) is 30.2 Å². The molecule has 3 rings (SSSR count). The Bertz CT molecular complexity index is 769. The summed E-state index contributed by atoms with van der Waals surface area (Å²) in [6, 6.07) is 11.8. The molecule has 1 aromatic heterocycles.